The molecule has 0 atom stereocenters. The first-order valence-corrected chi connectivity index (χ1v) is 6.30. The van der Waals surface area contributed by atoms with Crippen molar-refractivity contribution in [2.75, 3.05) is 5.73 Å². The number of thioether (sulfide) groups is 1. The molecule has 0 saturated carbocycles. The number of nitrogens with zero attached hydrogens (tertiary/aromatic N) is 1. The highest BCUT2D eigenvalue weighted by atomic mass is 35.5. The van der Waals surface area contributed by atoms with Gasteiger partial charge in [0.25, 0.3) is 0 Å². The molecule has 0 fully saturated rings. The van der Waals surface area contributed by atoms with Gasteiger partial charge in [0.1, 0.15) is 5.82 Å². The normalized spacial score (nSPS) is 10.5. The van der Waals surface area contributed by atoms with Crippen molar-refractivity contribution >= 4 is 29.1 Å². The van der Waals surface area contributed by atoms with Gasteiger partial charge in [0, 0.05) is 10.8 Å². The summed E-state index contributed by atoms with van der Waals surface area (Å²) in [5, 5.41) is 1.34. The van der Waals surface area contributed by atoms with E-state index in [0.29, 0.717) is 22.0 Å². The van der Waals surface area contributed by atoms with Gasteiger partial charge in [0.15, 0.2) is 0 Å². The van der Waals surface area contributed by atoms with Crippen molar-refractivity contribution < 1.29 is 4.39 Å². The molecule has 17 heavy (non-hydrogen) atoms. The van der Waals surface area contributed by atoms with Gasteiger partial charge >= 0.3 is 0 Å². The summed E-state index contributed by atoms with van der Waals surface area (Å²) in [4.78, 5) is 4.13. The van der Waals surface area contributed by atoms with Crippen LogP contribution >= 0.6 is 23.4 Å². The van der Waals surface area contributed by atoms with E-state index in [0.717, 1.165) is 5.03 Å². The number of aromatic nitrogens is 1. The van der Waals surface area contributed by atoms with Gasteiger partial charge in [-0.15, -0.1) is 11.8 Å². The summed E-state index contributed by atoms with van der Waals surface area (Å²) in [5.74, 6) is 0.237. The molecule has 2 rings (SSSR count). The van der Waals surface area contributed by atoms with Gasteiger partial charge in [0.05, 0.1) is 16.9 Å². The molecule has 1 aromatic heterocycles. The van der Waals surface area contributed by atoms with Crippen LogP contribution in [0.4, 0.5) is 10.1 Å². The van der Waals surface area contributed by atoms with Crippen LogP contribution in [-0.4, -0.2) is 4.98 Å². The summed E-state index contributed by atoms with van der Waals surface area (Å²) in [6, 6.07) is 8.11. The highest BCUT2D eigenvalue weighted by Crippen LogP contribution is 2.24. The number of pyridine rings is 1. The number of nitrogen functional groups attached to an aromatic ring is 1. The molecule has 2 N–H and O–H groups in total. The van der Waals surface area contributed by atoms with Gasteiger partial charge in [-0.2, -0.15) is 0 Å². The van der Waals surface area contributed by atoms with E-state index in [1.807, 2.05) is 6.07 Å². The molecule has 2 aromatic rings. The standard InChI is InChI=1S/C12H10ClFN2S/c13-9-1-3-11(14)8(5-9)7-17-12-4-2-10(15)6-16-12/h1-6H,7,15H2. The van der Waals surface area contributed by atoms with Crippen molar-refractivity contribution in [2.45, 2.75) is 10.8 Å². The third-order valence-electron chi connectivity index (χ3n) is 2.14. The van der Waals surface area contributed by atoms with Crippen molar-refractivity contribution in [3.63, 3.8) is 0 Å². The van der Waals surface area contributed by atoms with E-state index in [4.69, 9.17) is 17.3 Å². The van der Waals surface area contributed by atoms with Crippen molar-refractivity contribution in [1.82, 2.24) is 4.98 Å². The fourth-order valence-electron chi connectivity index (χ4n) is 1.28. The minimum Gasteiger partial charge on any atom is -0.397 e. The van der Waals surface area contributed by atoms with Crippen LogP contribution in [0.15, 0.2) is 41.6 Å². The Morgan fingerprint density at radius 2 is 2.12 bits per heavy atom. The minimum atomic E-state index is -0.252. The maximum absolute atomic E-state index is 13.4. The lowest BCUT2D eigenvalue weighted by atomic mass is 10.2. The van der Waals surface area contributed by atoms with Crippen LogP contribution < -0.4 is 5.73 Å². The fourth-order valence-corrected chi connectivity index (χ4v) is 2.29. The Kier molecular flexibility index (Phi) is 3.86. The van der Waals surface area contributed by atoms with E-state index in [-0.39, 0.29) is 5.82 Å². The lowest BCUT2D eigenvalue weighted by Crippen LogP contribution is -1.90. The lowest BCUT2D eigenvalue weighted by Gasteiger charge is -2.03. The molecule has 0 saturated heterocycles. The van der Waals surface area contributed by atoms with Crippen LogP contribution in [0.2, 0.25) is 5.02 Å². The zero-order valence-electron chi connectivity index (χ0n) is 8.86. The molecular weight excluding hydrogens is 259 g/mol. The van der Waals surface area contributed by atoms with Gasteiger partial charge in [-0.25, -0.2) is 9.37 Å². The van der Waals surface area contributed by atoms with Crippen LogP contribution in [0.25, 0.3) is 0 Å². The van der Waals surface area contributed by atoms with Crippen LogP contribution in [0.5, 0.6) is 0 Å². The monoisotopic (exact) mass is 268 g/mol. The van der Waals surface area contributed by atoms with Crippen LogP contribution in [0.1, 0.15) is 5.56 Å². The second kappa shape index (κ2) is 5.38. The molecule has 88 valence electrons. The Hall–Kier alpha value is -1.26. The molecule has 0 bridgehead atoms. The molecule has 0 amide bonds. The molecule has 0 aliphatic carbocycles. The highest BCUT2D eigenvalue weighted by Gasteiger charge is 2.04. The van der Waals surface area contributed by atoms with Crippen molar-refractivity contribution in [3.8, 4) is 0 Å². The van der Waals surface area contributed by atoms with Gasteiger partial charge in [-0.1, -0.05) is 11.6 Å². The molecule has 5 heteroatoms. The zero-order valence-corrected chi connectivity index (χ0v) is 10.4. The number of halogens is 2. The second-order valence-corrected chi connectivity index (χ2v) is 4.89. The largest absolute Gasteiger partial charge is 0.397 e. The first-order chi connectivity index (χ1) is 8.15. The summed E-state index contributed by atoms with van der Waals surface area (Å²) in [6.07, 6.45) is 1.58. The smallest absolute Gasteiger partial charge is 0.127 e. The van der Waals surface area contributed by atoms with Crippen molar-refractivity contribution in [3.05, 3.63) is 52.9 Å². The summed E-state index contributed by atoms with van der Waals surface area (Å²) in [5.41, 5.74) is 6.71. The van der Waals surface area contributed by atoms with Gasteiger partial charge in [-0.05, 0) is 35.9 Å². The Balaban J connectivity index is 2.07. The van der Waals surface area contributed by atoms with Gasteiger partial charge in [0.2, 0.25) is 0 Å². The maximum atomic E-state index is 13.4. The molecule has 0 aliphatic heterocycles. The average Bonchev–Trinajstić information content (AvgIpc) is 2.32. The Bertz CT molecular complexity index is 516. The summed E-state index contributed by atoms with van der Waals surface area (Å²) in [7, 11) is 0. The number of hydrogen-bond donors (Lipinski definition) is 1. The summed E-state index contributed by atoms with van der Waals surface area (Å²) in [6.45, 7) is 0. The molecule has 0 radical (unpaired) electrons. The van der Waals surface area contributed by atoms with Crippen LogP contribution in [0, 0.1) is 5.82 Å². The molecule has 1 heterocycles. The SMILES string of the molecule is Nc1ccc(SCc2cc(Cl)ccc2F)nc1. The summed E-state index contributed by atoms with van der Waals surface area (Å²) < 4.78 is 13.4. The maximum Gasteiger partial charge on any atom is 0.127 e. The third-order valence-corrected chi connectivity index (χ3v) is 3.37. The molecule has 2 nitrogen and oxygen atoms in total. The van der Waals surface area contributed by atoms with E-state index in [2.05, 4.69) is 4.98 Å². The number of nitrogens with two attached hydrogens (primary N) is 1. The topological polar surface area (TPSA) is 38.9 Å². The average molecular weight is 269 g/mol. The van der Waals surface area contributed by atoms with Gasteiger partial charge < -0.3 is 5.73 Å². The first kappa shape index (κ1) is 12.2. The minimum absolute atomic E-state index is 0.252. The van der Waals surface area contributed by atoms with Crippen molar-refractivity contribution in [1.29, 1.82) is 0 Å². The van der Waals surface area contributed by atoms with E-state index in [1.54, 1.807) is 18.3 Å². The van der Waals surface area contributed by atoms with Crippen LogP contribution in [-0.2, 0) is 5.75 Å². The van der Waals surface area contributed by atoms with E-state index >= 15 is 0 Å². The Morgan fingerprint density at radius 1 is 1.29 bits per heavy atom. The fraction of sp³-hybridized carbons (Fsp3) is 0.0833. The Labute approximate surface area is 108 Å². The second-order valence-electron chi connectivity index (χ2n) is 3.45. The quantitative estimate of drug-likeness (QED) is 0.862. The van der Waals surface area contributed by atoms with Crippen molar-refractivity contribution in [2.24, 2.45) is 0 Å². The highest BCUT2D eigenvalue weighted by molar-refractivity contribution is 7.98. The summed E-state index contributed by atoms with van der Waals surface area (Å²) >= 11 is 7.25. The first-order valence-electron chi connectivity index (χ1n) is 4.93. The number of benzene rings is 1. The predicted octanol–water partition coefficient (Wildman–Crippen LogP) is 3.75. The van der Waals surface area contributed by atoms with Crippen LogP contribution in [0.3, 0.4) is 0 Å². The number of rotatable bonds is 3. The molecule has 0 aliphatic rings. The van der Waals surface area contributed by atoms with E-state index < -0.39 is 0 Å². The molecule has 0 unspecified atom stereocenters. The number of hydrogen-bond acceptors (Lipinski definition) is 3. The predicted molar refractivity (Wildman–Crippen MR) is 69.6 cm³/mol. The lowest BCUT2D eigenvalue weighted by molar-refractivity contribution is 0.617. The zero-order chi connectivity index (χ0) is 12.3. The number of anilines is 1. The van der Waals surface area contributed by atoms with E-state index in [1.165, 1.54) is 23.9 Å². The van der Waals surface area contributed by atoms with E-state index in [9.17, 15) is 4.39 Å². The third kappa shape index (κ3) is 3.35. The molecule has 0 spiro atoms. The molecule has 1 aromatic carbocycles. The Morgan fingerprint density at radius 3 is 2.82 bits per heavy atom. The van der Waals surface area contributed by atoms with Gasteiger partial charge in [-0.3, -0.25) is 0 Å². The molecular formula is C12H10ClFN2S.